The van der Waals surface area contributed by atoms with Crippen LogP contribution in [0, 0.1) is 13.8 Å². The molecule has 1 heterocycles. The third-order valence-electron chi connectivity index (χ3n) is 3.64. The van der Waals surface area contributed by atoms with Gasteiger partial charge in [-0.1, -0.05) is 29.3 Å². The summed E-state index contributed by atoms with van der Waals surface area (Å²) in [5.41, 5.74) is 0.852. The number of oxazole rings is 1. The maximum Gasteiger partial charge on any atom is 0.216 e. The molecule has 2 rings (SSSR count). The fourth-order valence-electron chi connectivity index (χ4n) is 2.15. The molecule has 0 fully saturated rings. The van der Waals surface area contributed by atoms with Gasteiger partial charge in [-0.2, -0.15) is 0 Å². The van der Waals surface area contributed by atoms with E-state index in [1.807, 2.05) is 20.8 Å². The molecule has 1 unspecified atom stereocenters. The molecule has 1 aromatic carbocycles. The Morgan fingerprint density at radius 2 is 2.07 bits per heavy atom. The van der Waals surface area contributed by atoms with Crippen LogP contribution in [-0.4, -0.2) is 41.9 Å². The van der Waals surface area contributed by atoms with Crippen molar-refractivity contribution in [2.75, 3.05) is 19.7 Å². The lowest BCUT2D eigenvalue weighted by atomic mass is 10.3. The highest BCUT2D eigenvalue weighted by molar-refractivity contribution is 14.0. The summed E-state index contributed by atoms with van der Waals surface area (Å²) in [6.07, 6.45) is -0.768. The number of hydrogen-bond donors (Lipinski definition) is 3. The smallest absolute Gasteiger partial charge is 0.216 e. The van der Waals surface area contributed by atoms with Gasteiger partial charge in [-0.3, -0.25) is 0 Å². The maximum atomic E-state index is 10.1. The first kappa shape index (κ1) is 24.8. The second-order valence-corrected chi connectivity index (χ2v) is 6.63. The predicted molar refractivity (Wildman–Crippen MR) is 122 cm³/mol. The molecule has 0 saturated heterocycles. The van der Waals surface area contributed by atoms with Crippen LogP contribution in [0.15, 0.2) is 27.6 Å². The minimum atomic E-state index is -0.768. The Kier molecular flexibility index (Phi) is 10.9. The summed E-state index contributed by atoms with van der Waals surface area (Å²) in [6.45, 7) is 6.99. The lowest BCUT2D eigenvalue weighted by Crippen LogP contribution is -2.42. The Morgan fingerprint density at radius 3 is 2.71 bits per heavy atom. The van der Waals surface area contributed by atoms with E-state index in [0.717, 1.165) is 11.5 Å². The fraction of sp³-hybridized carbons (Fsp3) is 0.444. The summed E-state index contributed by atoms with van der Waals surface area (Å²) < 4.78 is 11.0. The van der Waals surface area contributed by atoms with Crippen LogP contribution in [-0.2, 0) is 6.54 Å². The Balaban J connectivity index is 0.00000392. The number of aliphatic hydroxyl groups is 1. The zero-order valence-corrected chi connectivity index (χ0v) is 19.8. The molecule has 0 aliphatic carbocycles. The average Bonchev–Trinajstić information content (AvgIpc) is 2.96. The summed E-state index contributed by atoms with van der Waals surface area (Å²) in [5.74, 6) is 2.30. The van der Waals surface area contributed by atoms with Gasteiger partial charge in [-0.05, 0) is 32.9 Å². The summed E-state index contributed by atoms with van der Waals surface area (Å²) in [5, 5.41) is 17.0. The zero-order valence-electron chi connectivity index (χ0n) is 16.0. The van der Waals surface area contributed by atoms with Crippen LogP contribution in [0.2, 0.25) is 10.0 Å². The van der Waals surface area contributed by atoms with E-state index in [1.165, 1.54) is 0 Å². The minimum Gasteiger partial charge on any atom is -0.489 e. The number of nitrogens with one attached hydrogen (secondary N) is 2. The minimum absolute atomic E-state index is 0. The van der Waals surface area contributed by atoms with Crippen molar-refractivity contribution in [1.82, 2.24) is 15.6 Å². The van der Waals surface area contributed by atoms with Crippen LogP contribution >= 0.6 is 47.2 Å². The van der Waals surface area contributed by atoms with E-state index < -0.39 is 6.10 Å². The van der Waals surface area contributed by atoms with Gasteiger partial charge in [0, 0.05) is 13.1 Å². The van der Waals surface area contributed by atoms with Gasteiger partial charge in [0.05, 0.1) is 10.7 Å². The Hall–Kier alpha value is -1.23. The van der Waals surface area contributed by atoms with Crippen molar-refractivity contribution in [2.24, 2.45) is 4.99 Å². The second kappa shape index (κ2) is 12.4. The third kappa shape index (κ3) is 7.65. The van der Waals surface area contributed by atoms with Crippen LogP contribution in [0.4, 0.5) is 0 Å². The highest BCUT2D eigenvalue weighted by Gasteiger charge is 2.11. The molecule has 0 saturated carbocycles. The van der Waals surface area contributed by atoms with E-state index in [9.17, 15) is 5.11 Å². The molecule has 0 aliphatic rings. The first-order valence-corrected chi connectivity index (χ1v) is 9.36. The van der Waals surface area contributed by atoms with Crippen LogP contribution < -0.4 is 15.4 Å². The molecule has 7 nitrogen and oxygen atoms in total. The van der Waals surface area contributed by atoms with Crippen molar-refractivity contribution in [3.05, 3.63) is 45.6 Å². The largest absolute Gasteiger partial charge is 0.489 e. The molecule has 10 heteroatoms. The first-order chi connectivity index (χ1) is 12.9. The summed E-state index contributed by atoms with van der Waals surface area (Å²) in [7, 11) is 0. The van der Waals surface area contributed by atoms with Crippen molar-refractivity contribution in [3.63, 3.8) is 0 Å². The Bertz CT molecular complexity index is 767. The van der Waals surface area contributed by atoms with Crippen LogP contribution in [0.3, 0.4) is 0 Å². The number of halogens is 3. The van der Waals surface area contributed by atoms with Gasteiger partial charge in [0.2, 0.25) is 5.89 Å². The van der Waals surface area contributed by atoms with Gasteiger partial charge in [-0.15, -0.1) is 24.0 Å². The van der Waals surface area contributed by atoms with E-state index in [0.29, 0.717) is 40.7 Å². The normalized spacial score (nSPS) is 12.3. The van der Waals surface area contributed by atoms with Crippen molar-refractivity contribution < 1.29 is 14.3 Å². The van der Waals surface area contributed by atoms with E-state index in [1.54, 1.807) is 18.2 Å². The molecule has 0 amide bonds. The number of rotatable bonds is 8. The van der Waals surface area contributed by atoms with E-state index in [2.05, 4.69) is 20.6 Å². The monoisotopic (exact) mass is 542 g/mol. The van der Waals surface area contributed by atoms with Crippen molar-refractivity contribution in [3.8, 4) is 5.75 Å². The van der Waals surface area contributed by atoms with Gasteiger partial charge >= 0.3 is 0 Å². The van der Waals surface area contributed by atoms with Crippen LogP contribution in [0.25, 0.3) is 0 Å². The molecule has 0 aliphatic heterocycles. The maximum absolute atomic E-state index is 10.1. The van der Waals surface area contributed by atoms with Crippen molar-refractivity contribution >= 4 is 53.1 Å². The fourth-order valence-corrected chi connectivity index (χ4v) is 2.50. The average molecular weight is 543 g/mol. The third-order valence-corrected chi connectivity index (χ3v) is 4.44. The lowest BCUT2D eigenvalue weighted by Gasteiger charge is -2.16. The number of aromatic nitrogens is 1. The number of guanidine groups is 1. The molecule has 28 heavy (non-hydrogen) atoms. The molecule has 0 spiro atoms. The Morgan fingerprint density at radius 1 is 1.32 bits per heavy atom. The van der Waals surface area contributed by atoms with E-state index >= 15 is 0 Å². The predicted octanol–water partition coefficient (Wildman–Crippen LogP) is 3.71. The number of aryl methyl sites for hydroxylation is 2. The quantitative estimate of drug-likeness (QED) is 0.267. The number of hydrogen-bond acceptors (Lipinski definition) is 5. The number of nitrogens with zero attached hydrogens (tertiary/aromatic N) is 2. The summed E-state index contributed by atoms with van der Waals surface area (Å²) in [4.78, 5) is 8.70. The van der Waals surface area contributed by atoms with Crippen molar-refractivity contribution in [2.45, 2.75) is 33.4 Å². The molecule has 2 aromatic rings. The number of benzene rings is 1. The number of aliphatic hydroxyl groups excluding tert-OH is 1. The van der Waals surface area contributed by atoms with Crippen LogP contribution in [0.5, 0.6) is 5.75 Å². The van der Waals surface area contributed by atoms with Crippen LogP contribution in [0.1, 0.15) is 24.3 Å². The SMILES string of the molecule is CCNC(=NCc1nc(C)c(C)o1)NCC(O)COc1cccc(Cl)c1Cl.I. The highest BCUT2D eigenvalue weighted by atomic mass is 127. The molecule has 3 N–H and O–H groups in total. The molecule has 0 bridgehead atoms. The molecule has 1 atom stereocenters. The zero-order chi connectivity index (χ0) is 19.8. The highest BCUT2D eigenvalue weighted by Crippen LogP contribution is 2.31. The van der Waals surface area contributed by atoms with Gasteiger partial charge in [0.25, 0.3) is 0 Å². The van der Waals surface area contributed by atoms with Gasteiger partial charge in [0.1, 0.15) is 35.8 Å². The Labute approximate surface area is 191 Å². The summed E-state index contributed by atoms with van der Waals surface area (Å²) in [6, 6.07) is 5.10. The van der Waals surface area contributed by atoms with Gasteiger partial charge in [0.15, 0.2) is 5.96 Å². The first-order valence-electron chi connectivity index (χ1n) is 8.60. The topological polar surface area (TPSA) is 91.9 Å². The number of ether oxygens (including phenoxy) is 1. The van der Waals surface area contributed by atoms with E-state index in [4.69, 9.17) is 32.4 Å². The van der Waals surface area contributed by atoms with Crippen molar-refractivity contribution in [1.29, 1.82) is 0 Å². The van der Waals surface area contributed by atoms with Gasteiger partial charge < -0.3 is 24.9 Å². The summed E-state index contributed by atoms with van der Waals surface area (Å²) >= 11 is 12.0. The lowest BCUT2D eigenvalue weighted by molar-refractivity contribution is 0.110. The van der Waals surface area contributed by atoms with Gasteiger partial charge in [-0.25, -0.2) is 9.98 Å². The standard InChI is InChI=1S/C18H24Cl2N4O3.HI/c1-4-21-18(23-9-16-24-11(2)12(3)27-16)22-8-13(25)10-26-15-7-5-6-14(19)17(15)20;/h5-7,13,25H,4,8-10H2,1-3H3,(H2,21,22,23);1H. The second-order valence-electron chi connectivity index (χ2n) is 5.84. The molecule has 156 valence electrons. The molecule has 1 aromatic heterocycles. The number of aliphatic imine (C=N–C) groups is 1. The molecule has 0 radical (unpaired) electrons. The van der Waals surface area contributed by atoms with E-state index in [-0.39, 0.29) is 37.1 Å². The molecular formula is C18H25Cl2IN4O3. The molecular weight excluding hydrogens is 518 g/mol.